The van der Waals surface area contributed by atoms with Gasteiger partial charge in [-0.05, 0) is 36.4 Å². The Hall–Kier alpha value is -1.86. The molecule has 0 spiro atoms. The molecule has 1 aromatic heterocycles. The lowest BCUT2D eigenvalue weighted by Gasteiger charge is -2.02. The molecule has 5 nitrogen and oxygen atoms in total. The van der Waals surface area contributed by atoms with Crippen LogP contribution in [0.15, 0.2) is 34.7 Å². The lowest BCUT2D eigenvalue weighted by atomic mass is 10.2. The molecule has 0 unspecified atom stereocenters. The number of amides is 1. The number of anilines is 1. The fourth-order valence-corrected chi connectivity index (χ4v) is 3.25. The fourth-order valence-electron chi connectivity index (χ4n) is 1.60. The first-order valence-electron chi connectivity index (χ1n) is 6.89. The van der Waals surface area contributed by atoms with E-state index < -0.39 is 0 Å². The molecule has 0 fully saturated rings. The highest BCUT2D eigenvalue weighted by molar-refractivity contribution is 8.01. The molecule has 2 rings (SSSR count). The van der Waals surface area contributed by atoms with Gasteiger partial charge >= 0.3 is 0 Å². The Bertz CT molecular complexity index is 638. The lowest BCUT2D eigenvalue weighted by molar-refractivity contribution is -0.111. The summed E-state index contributed by atoms with van der Waals surface area (Å²) in [5, 5.41) is 11.1. The number of ether oxygens (including phenoxy) is 1. The Kier molecular flexibility index (Phi) is 6.42. The molecular weight excluding hydrogens is 318 g/mol. The van der Waals surface area contributed by atoms with E-state index in [1.165, 1.54) is 17.4 Å². The molecule has 1 heterocycles. The molecule has 0 aliphatic carbocycles. The Morgan fingerprint density at radius 2 is 2.09 bits per heavy atom. The molecule has 7 heteroatoms. The van der Waals surface area contributed by atoms with Gasteiger partial charge in [0.15, 0.2) is 4.34 Å². The number of thioether (sulfide) groups is 1. The lowest BCUT2D eigenvalue weighted by Crippen LogP contribution is -2.07. The number of carbonyl (C=O) groups excluding carboxylic acids is 1. The van der Waals surface area contributed by atoms with Gasteiger partial charge in [-0.3, -0.25) is 10.1 Å². The van der Waals surface area contributed by atoms with Crippen LogP contribution in [0.1, 0.15) is 19.4 Å². The van der Waals surface area contributed by atoms with Crippen molar-refractivity contribution in [2.75, 3.05) is 17.7 Å². The van der Waals surface area contributed by atoms with Gasteiger partial charge in [0.25, 0.3) is 0 Å². The topological polar surface area (TPSA) is 64.1 Å². The van der Waals surface area contributed by atoms with E-state index in [2.05, 4.69) is 15.5 Å². The zero-order chi connectivity index (χ0) is 15.8. The Morgan fingerprint density at radius 1 is 1.32 bits per heavy atom. The Balaban J connectivity index is 1.89. The van der Waals surface area contributed by atoms with E-state index in [9.17, 15) is 4.79 Å². The Morgan fingerprint density at radius 3 is 2.77 bits per heavy atom. The summed E-state index contributed by atoms with van der Waals surface area (Å²) in [4.78, 5) is 11.8. The van der Waals surface area contributed by atoms with Gasteiger partial charge in [-0.2, -0.15) is 0 Å². The third kappa shape index (κ3) is 5.16. The molecule has 0 atom stereocenters. The average Bonchev–Trinajstić information content (AvgIpc) is 2.94. The highest BCUT2D eigenvalue weighted by Crippen LogP contribution is 2.24. The van der Waals surface area contributed by atoms with Crippen LogP contribution in [0.25, 0.3) is 6.08 Å². The molecule has 22 heavy (non-hydrogen) atoms. The first-order valence-corrected chi connectivity index (χ1v) is 8.69. The highest BCUT2D eigenvalue weighted by atomic mass is 32.2. The molecule has 1 N–H and O–H groups in total. The smallest absolute Gasteiger partial charge is 0.250 e. The van der Waals surface area contributed by atoms with Crippen LogP contribution in [-0.2, 0) is 4.79 Å². The second kappa shape index (κ2) is 8.55. The van der Waals surface area contributed by atoms with Crippen molar-refractivity contribution in [2.45, 2.75) is 18.2 Å². The number of hydrogen-bond donors (Lipinski definition) is 1. The number of aromatic nitrogens is 2. The Labute approximate surface area is 137 Å². The zero-order valence-corrected chi connectivity index (χ0v) is 14.0. The van der Waals surface area contributed by atoms with Crippen molar-refractivity contribution in [2.24, 2.45) is 0 Å². The molecule has 1 aromatic carbocycles. The van der Waals surface area contributed by atoms with Crippen LogP contribution in [0.3, 0.4) is 0 Å². The SMILES string of the molecule is CCOc1ccc(/C=C/C(=O)Nc2nnc(SCC)s2)cc1. The van der Waals surface area contributed by atoms with Gasteiger partial charge in [0.2, 0.25) is 11.0 Å². The van der Waals surface area contributed by atoms with Gasteiger partial charge in [0.1, 0.15) is 5.75 Å². The summed E-state index contributed by atoms with van der Waals surface area (Å²) >= 11 is 2.98. The maximum absolute atomic E-state index is 11.8. The van der Waals surface area contributed by atoms with E-state index in [1.54, 1.807) is 17.8 Å². The van der Waals surface area contributed by atoms with Crippen LogP contribution < -0.4 is 10.1 Å². The average molecular weight is 335 g/mol. The molecule has 0 saturated carbocycles. The minimum Gasteiger partial charge on any atom is -0.494 e. The number of hydrogen-bond acceptors (Lipinski definition) is 6. The van der Waals surface area contributed by atoms with Gasteiger partial charge in [-0.15, -0.1) is 10.2 Å². The molecule has 2 aromatic rings. The maximum Gasteiger partial charge on any atom is 0.250 e. The number of nitrogens with one attached hydrogen (secondary N) is 1. The third-order valence-electron chi connectivity index (χ3n) is 2.52. The van der Waals surface area contributed by atoms with Crippen LogP contribution in [0, 0.1) is 0 Å². The molecule has 1 amide bonds. The summed E-state index contributed by atoms with van der Waals surface area (Å²) in [6, 6.07) is 7.55. The summed E-state index contributed by atoms with van der Waals surface area (Å²) in [6.07, 6.45) is 3.22. The first-order chi connectivity index (χ1) is 10.7. The maximum atomic E-state index is 11.8. The zero-order valence-electron chi connectivity index (χ0n) is 12.4. The standard InChI is InChI=1S/C15H17N3O2S2/c1-3-20-12-8-5-11(6-9-12)7-10-13(19)16-14-17-18-15(22-14)21-4-2/h5-10H,3-4H2,1-2H3,(H,16,17,19)/b10-7+. The van der Waals surface area contributed by atoms with Crippen LogP contribution in [0.5, 0.6) is 5.75 Å². The van der Waals surface area contributed by atoms with Gasteiger partial charge in [-0.1, -0.05) is 42.2 Å². The van der Waals surface area contributed by atoms with Crippen molar-refractivity contribution in [1.29, 1.82) is 0 Å². The van der Waals surface area contributed by atoms with E-state index >= 15 is 0 Å². The number of carbonyl (C=O) groups is 1. The van der Waals surface area contributed by atoms with Gasteiger partial charge in [0.05, 0.1) is 6.61 Å². The van der Waals surface area contributed by atoms with Crippen LogP contribution in [0.2, 0.25) is 0 Å². The predicted octanol–water partition coefficient (Wildman–Crippen LogP) is 3.70. The fraction of sp³-hybridized carbons (Fsp3) is 0.267. The van der Waals surface area contributed by atoms with Crippen molar-refractivity contribution >= 4 is 40.2 Å². The molecule has 0 saturated heterocycles. The molecule has 0 bridgehead atoms. The van der Waals surface area contributed by atoms with Crippen molar-refractivity contribution in [1.82, 2.24) is 10.2 Å². The second-order valence-corrected chi connectivity index (χ2v) is 6.62. The van der Waals surface area contributed by atoms with Crippen molar-refractivity contribution in [3.8, 4) is 5.75 Å². The van der Waals surface area contributed by atoms with Crippen LogP contribution in [-0.4, -0.2) is 28.5 Å². The minimum absolute atomic E-state index is 0.224. The summed E-state index contributed by atoms with van der Waals surface area (Å²) in [5.41, 5.74) is 0.929. The van der Waals surface area contributed by atoms with E-state index in [1.807, 2.05) is 38.1 Å². The predicted molar refractivity (Wildman–Crippen MR) is 91.6 cm³/mol. The largest absolute Gasteiger partial charge is 0.494 e. The molecule has 0 aliphatic heterocycles. The van der Waals surface area contributed by atoms with Crippen molar-refractivity contribution in [3.63, 3.8) is 0 Å². The molecule has 116 valence electrons. The number of rotatable bonds is 7. The summed E-state index contributed by atoms with van der Waals surface area (Å²) in [7, 11) is 0. The first kappa shape index (κ1) is 16.5. The summed E-state index contributed by atoms with van der Waals surface area (Å²) in [6.45, 7) is 4.62. The van der Waals surface area contributed by atoms with E-state index in [0.717, 1.165) is 21.4 Å². The third-order valence-corrected chi connectivity index (χ3v) is 4.38. The second-order valence-electron chi connectivity index (χ2n) is 4.13. The summed E-state index contributed by atoms with van der Waals surface area (Å²) in [5.74, 6) is 1.53. The summed E-state index contributed by atoms with van der Waals surface area (Å²) < 4.78 is 6.22. The number of nitrogens with zero attached hydrogens (tertiary/aromatic N) is 2. The van der Waals surface area contributed by atoms with Crippen molar-refractivity contribution < 1.29 is 9.53 Å². The van der Waals surface area contributed by atoms with Crippen LogP contribution in [0.4, 0.5) is 5.13 Å². The molecule has 0 aliphatic rings. The molecule has 0 radical (unpaired) electrons. The minimum atomic E-state index is -0.224. The quantitative estimate of drug-likeness (QED) is 0.475. The number of benzene rings is 1. The van der Waals surface area contributed by atoms with Gasteiger partial charge in [-0.25, -0.2) is 0 Å². The van der Waals surface area contributed by atoms with E-state index in [4.69, 9.17) is 4.74 Å². The van der Waals surface area contributed by atoms with Crippen molar-refractivity contribution in [3.05, 3.63) is 35.9 Å². The van der Waals surface area contributed by atoms with Gasteiger partial charge < -0.3 is 4.74 Å². The van der Waals surface area contributed by atoms with E-state index in [-0.39, 0.29) is 5.91 Å². The monoisotopic (exact) mass is 335 g/mol. The van der Waals surface area contributed by atoms with E-state index in [0.29, 0.717) is 11.7 Å². The van der Waals surface area contributed by atoms with Crippen LogP contribution >= 0.6 is 23.1 Å². The molecular formula is C15H17N3O2S2. The highest BCUT2D eigenvalue weighted by Gasteiger charge is 2.05. The van der Waals surface area contributed by atoms with Gasteiger partial charge in [0, 0.05) is 6.08 Å². The normalized spacial score (nSPS) is 10.8.